The molecule has 124 valence electrons. The third-order valence-corrected chi connectivity index (χ3v) is 4.41. The van der Waals surface area contributed by atoms with Crippen molar-refractivity contribution in [3.8, 4) is 0 Å². The highest BCUT2D eigenvalue weighted by Gasteiger charge is 2.28. The normalized spacial score (nSPS) is 12.3. The zero-order chi connectivity index (χ0) is 17.1. The Labute approximate surface area is 142 Å². The minimum absolute atomic E-state index is 0.212. The highest BCUT2D eigenvalue weighted by Crippen LogP contribution is 2.36. The summed E-state index contributed by atoms with van der Waals surface area (Å²) in [6.07, 6.45) is 1.34. The SMILES string of the molecule is CCC(C(=O)OC)c1c(Cc2ccccc2)oc2ccc(C)cc12. The number of aryl methyl sites for hydroxylation is 1. The van der Waals surface area contributed by atoms with Crippen LogP contribution in [-0.4, -0.2) is 13.1 Å². The molecule has 3 rings (SSSR count). The predicted octanol–water partition coefficient (Wildman–Crippen LogP) is 5.00. The Morgan fingerprint density at radius 1 is 1.17 bits per heavy atom. The standard InChI is InChI=1S/C21H22O3/c1-4-16(21(22)23-3)20-17-12-14(2)10-11-18(17)24-19(20)13-15-8-6-5-7-9-15/h5-12,16H,4,13H2,1-3H3. The third-order valence-electron chi connectivity index (χ3n) is 4.41. The molecule has 1 aromatic heterocycles. The van der Waals surface area contributed by atoms with Crippen molar-refractivity contribution in [2.24, 2.45) is 0 Å². The molecule has 0 amide bonds. The van der Waals surface area contributed by atoms with E-state index in [1.54, 1.807) is 0 Å². The molecule has 0 saturated carbocycles. The van der Waals surface area contributed by atoms with Crippen molar-refractivity contribution < 1.29 is 13.9 Å². The van der Waals surface area contributed by atoms with E-state index in [0.29, 0.717) is 12.8 Å². The number of hydrogen-bond donors (Lipinski definition) is 0. The first-order valence-corrected chi connectivity index (χ1v) is 8.27. The lowest BCUT2D eigenvalue weighted by Gasteiger charge is -2.13. The Bertz CT molecular complexity index is 846. The smallest absolute Gasteiger partial charge is 0.313 e. The fraction of sp³-hybridized carbons (Fsp3) is 0.286. The molecule has 2 aromatic carbocycles. The molecule has 0 N–H and O–H groups in total. The van der Waals surface area contributed by atoms with Crippen LogP contribution >= 0.6 is 0 Å². The Balaban J connectivity index is 2.16. The zero-order valence-corrected chi connectivity index (χ0v) is 14.3. The van der Waals surface area contributed by atoms with Crippen LogP contribution in [-0.2, 0) is 16.0 Å². The molecule has 3 aromatic rings. The van der Waals surface area contributed by atoms with Gasteiger partial charge in [-0.2, -0.15) is 0 Å². The molecule has 24 heavy (non-hydrogen) atoms. The van der Waals surface area contributed by atoms with Gasteiger partial charge in [0.25, 0.3) is 0 Å². The largest absolute Gasteiger partial charge is 0.469 e. The number of methoxy groups -OCH3 is 1. The van der Waals surface area contributed by atoms with E-state index in [2.05, 4.69) is 18.2 Å². The van der Waals surface area contributed by atoms with Gasteiger partial charge in [-0.3, -0.25) is 4.79 Å². The Morgan fingerprint density at radius 2 is 1.92 bits per heavy atom. The van der Waals surface area contributed by atoms with Crippen LogP contribution in [0.15, 0.2) is 52.9 Å². The van der Waals surface area contributed by atoms with Crippen molar-refractivity contribution in [3.63, 3.8) is 0 Å². The molecule has 3 heteroatoms. The van der Waals surface area contributed by atoms with Gasteiger partial charge >= 0.3 is 5.97 Å². The number of carbonyl (C=O) groups excluding carboxylic acids is 1. The first kappa shape index (κ1) is 16.3. The third kappa shape index (κ3) is 3.07. The minimum Gasteiger partial charge on any atom is -0.469 e. The van der Waals surface area contributed by atoms with Crippen LogP contribution in [0.5, 0.6) is 0 Å². The van der Waals surface area contributed by atoms with Gasteiger partial charge in [0.1, 0.15) is 11.3 Å². The zero-order valence-electron chi connectivity index (χ0n) is 14.3. The lowest BCUT2D eigenvalue weighted by atomic mass is 9.91. The van der Waals surface area contributed by atoms with E-state index in [0.717, 1.165) is 33.4 Å². The van der Waals surface area contributed by atoms with Crippen LogP contribution in [0.2, 0.25) is 0 Å². The molecule has 3 nitrogen and oxygen atoms in total. The average Bonchev–Trinajstić information content (AvgIpc) is 2.94. The van der Waals surface area contributed by atoms with Gasteiger partial charge in [-0.25, -0.2) is 0 Å². The maximum atomic E-state index is 12.3. The van der Waals surface area contributed by atoms with Crippen LogP contribution in [0.3, 0.4) is 0 Å². The van der Waals surface area contributed by atoms with Gasteiger partial charge in [0.2, 0.25) is 0 Å². The van der Waals surface area contributed by atoms with E-state index in [1.807, 2.05) is 44.2 Å². The van der Waals surface area contributed by atoms with Crippen molar-refractivity contribution in [3.05, 3.63) is 71.0 Å². The highest BCUT2D eigenvalue weighted by atomic mass is 16.5. The molecule has 1 atom stereocenters. The van der Waals surface area contributed by atoms with Crippen LogP contribution < -0.4 is 0 Å². The monoisotopic (exact) mass is 322 g/mol. The van der Waals surface area contributed by atoms with Gasteiger partial charge in [-0.15, -0.1) is 0 Å². The second kappa shape index (κ2) is 6.91. The molecular formula is C21H22O3. The van der Waals surface area contributed by atoms with Crippen molar-refractivity contribution in [1.29, 1.82) is 0 Å². The van der Waals surface area contributed by atoms with Gasteiger partial charge in [-0.05, 0) is 31.0 Å². The summed E-state index contributed by atoms with van der Waals surface area (Å²) < 4.78 is 11.2. The Hall–Kier alpha value is -2.55. The highest BCUT2D eigenvalue weighted by molar-refractivity contribution is 5.90. The topological polar surface area (TPSA) is 39.4 Å². The molecule has 0 fully saturated rings. The molecular weight excluding hydrogens is 300 g/mol. The number of fused-ring (bicyclic) bond motifs is 1. The van der Waals surface area contributed by atoms with Crippen molar-refractivity contribution in [1.82, 2.24) is 0 Å². The van der Waals surface area contributed by atoms with E-state index >= 15 is 0 Å². The molecule has 1 heterocycles. The average molecular weight is 322 g/mol. The Morgan fingerprint density at radius 3 is 2.58 bits per heavy atom. The van der Waals surface area contributed by atoms with E-state index in [-0.39, 0.29) is 11.9 Å². The van der Waals surface area contributed by atoms with E-state index in [9.17, 15) is 4.79 Å². The van der Waals surface area contributed by atoms with E-state index in [4.69, 9.17) is 9.15 Å². The van der Waals surface area contributed by atoms with E-state index < -0.39 is 0 Å². The summed E-state index contributed by atoms with van der Waals surface area (Å²) >= 11 is 0. The number of benzene rings is 2. The maximum absolute atomic E-state index is 12.3. The summed E-state index contributed by atoms with van der Waals surface area (Å²) in [7, 11) is 1.44. The van der Waals surface area contributed by atoms with Crippen molar-refractivity contribution in [2.75, 3.05) is 7.11 Å². The molecule has 0 aliphatic heterocycles. The number of esters is 1. The van der Waals surface area contributed by atoms with Crippen LogP contribution in [0.25, 0.3) is 11.0 Å². The molecule has 0 saturated heterocycles. The number of carbonyl (C=O) groups is 1. The van der Waals surface area contributed by atoms with Crippen LogP contribution in [0, 0.1) is 6.92 Å². The minimum atomic E-state index is -0.309. The number of rotatable bonds is 5. The lowest BCUT2D eigenvalue weighted by Crippen LogP contribution is -2.14. The van der Waals surface area contributed by atoms with Gasteiger partial charge in [0.15, 0.2) is 0 Å². The maximum Gasteiger partial charge on any atom is 0.313 e. The lowest BCUT2D eigenvalue weighted by molar-refractivity contribution is -0.142. The molecule has 0 radical (unpaired) electrons. The van der Waals surface area contributed by atoms with Crippen molar-refractivity contribution in [2.45, 2.75) is 32.6 Å². The quantitative estimate of drug-likeness (QED) is 0.621. The van der Waals surface area contributed by atoms with Gasteiger partial charge in [-0.1, -0.05) is 48.9 Å². The summed E-state index contributed by atoms with van der Waals surface area (Å²) in [4.78, 5) is 12.3. The van der Waals surface area contributed by atoms with Gasteiger partial charge < -0.3 is 9.15 Å². The molecule has 1 unspecified atom stereocenters. The fourth-order valence-electron chi connectivity index (χ4n) is 3.21. The summed E-state index contributed by atoms with van der Waals surface area (Å²) in [5, 5.41) is 1.01. The molecule has 0 aliphatic carbocycles. The predicted molar refractivity (Wildman–Crippen MR) is 95.2 cm³/mol. The fourth-order valence-corrected chi connectivity index (χ4v) is 3.21. The van der Waals surface area contributed by atoms with Gasteiger partial charge in [0.05, 0.1) is 13.0 Å². The summed E-state index contributed by atoms with van der Waals surface area (Å²) in [6.45, 7) is 4.05. The molecule has 0 spiro atoms. The first-order chi connectivity index (χ1) is 11.6. The molecule has 0 bridgehead atoms. The summed E-state index contributed by atoms with van der Waals surface area (Å²) in [6, 6.07) is 16.3. The number of furan rings is 1. The molecule has 0 aliphatic rings. The summed E-state index contributed by atoms with van der Waals surface area (Å²) in [5.74, 6) is 0.326. The number of hydrogen-bond acceptors (Lipinski definition) is 3. The van der Waals surface area contributed by atoms with E-state index in [1.165, 1.54) is 7.11 Å². The van der Waals surface area contributed by atoms with Crippen LogP contribution in [0.4, 0.5) is 0 Å². The second-order valence-electron chi connectivity index (χ2n) is 6.08. The van der Waals surface area contributed by atoms with Gasteiger partial charge in [0, 0.05) is 17.4 Å². The number of ether oxygens (including phenoxy) is 1. The Kier molecular flexibility index (Phi) is 4.70. The first-order valence-electron chi connectivity index (χ1n) is 8.27. The second-order valence-corrected chi connectivity index (χ2v) is 6.08. The summed E-state index contributed by atoms with van der Waals surface area (Å²) in [5.41, 5.74) is 4.10. The van der Waals surface area contributed by atoms with Crippen LogP contribution in [0.1, 0.15) is 41.7 Å². The van der Waals surface area contributed by atoms with Crippen molar-refractivity contribution >= 4 is 16.9 Å².